The van der Waals surface area contributed by atoms with Crippen LogP contribution in [0.25, 0.3) is 0 Å². The number of anilines is 2. The minimum absolute atomic E-state index is 0.590. The maximum Gasteiger partial charge on any atom is 0.0430 e. The zero-order valence-electron chi connectivity index (χ0n) is 16.6. The van der Waals surface area contributed by atoms with E-state index in [0.29, 0.717) is 11.8 Å². The molecule has 4 rings (SSSR count). The van der Waals surface area contributed by atoms with Gasteiger partial charge in [0, 0.05) is 29.5 Å². The van der Waals surface area contributed by atoms with Crippen molar-refractivity contribution in [2.75, 3.05) is 30.3 Å². The summed E-state index contributed by atoms with van der Waals surface area (Å²) >= 11 is 6.14. The van der Waals surface area contributed by atoms with Crippen LogP contribution in [0.2, 0.25) is 5.02 Å². The summed E-state index contributed by atoms with van der Waals surface area (Å²) < 4.78 is 0. The van der Waals surface area contributed by atoms with E-state index in [2.05, 4.69) is 64.8 Å². The smallest absolute Gasteiger partial charge is 0.0430 e. The lowest BCUT2D eigenvalue weighted by Crippen LogP contribution is -2.33. The Morgan fingerprint density at radius 2 is 1.59 bits per heavy atom. The second-order valence-corrected chi connectivity index (χ2v) is 8.41. The van der Waals surface area contributed by atoms with Crippen LogP contribution >= 0.6 is 11.6 Å². The van der Waals surface area contributed by atoms with Crippen molar-refractivity contribution in [3.05, 3.63) is 95.0 Å². The van der Waals surface area contributed by atoms with Crippen molar-refractivity contribution in [2.24, 2.45) is 11.8 Å². The molecule has 29 heavy (non-hydrogen) atoms. The Balaban J connectivity index is 1.53. The van der Waals surface area contributed by atoms with E-state index in [1.54, 1.807) is 0 Å². The van der Waals surface area contributed by atoms with Gasteiger partial charge in [0.05, 0.1) is 0 Å². The molecule has 3 aromatic rings. The fourth-order valence-corrected chi connectivity index (χ4v) is 4.39. The first-order valence-electron chi connectivity index (χ1n) is 10.3. The summed E-state index contributed by atoms with van der Waals surface area (Å²) in [6.07, 6.45) is 1.12. The van der Waals surface area contributed by atoms with Gasteiger partial charge in [-0.15, -0.1) is 0 Å². The molecular weight excluding hydrogens is 378 g/mol. The normalized spacial score (nSPS) is 18.7. The first kappa shape index (κ1) is 19.8. The molecule has 1 heterocycles. The Hall–Kier alpha value is -2.49. The van der Waals surface area contributed by atoms with E-state index >= 15 is 0 Å². The standard InChI is InChI=1S/C25H28ClN3/c26-23-9-11-25(12-10-23)29(17-20-7-4-8-24(27)14-20)18-22-16-28-15-21(22)13-19-5-2-1-3-6-19/h1-12,14,21-22,28H,13,15-18,27H2/t21-,22+/m0/s1. The van der Waals surface area contributed by atoms with Crippen molar-refractivity contribution >= 4 is 23.0 Å². The number of benzene rings is 3. The van der Waals surface area contributed by atoms with Crippen molar-refractivity contribution in [2.45, 2.75) is 13.0 Å². The molecule has 1 aliphatic heterocycles. The maximum atomic E-state index is 6.14. The van der Waals surface area contributed by atoms with E-state index in [1.165, 1.54) is 16.8 Å². The van der Waals surface area contributed by atoms with E-state index in [4.69, 9.17) is 17.3 Å². The summed E-state index contributed by atoms with van der Waals surface area (Å²) in [5.41, 5.74) is 10.7. The molecule has 0 aliphatic carbocycles. The molecule has 1 saturated heterocycles. The number of nitrogen functional groups attached to an aromatic ring is 1. The largest absolute Gasteiger partial charge is 0.399 e. The Labute approximate surface area is 178 Å². The van der Waals surface area contributed by atoms with Gasteiger partial charge in [0.2, 0.25) is 0 Å². The van der Waals surface area contributed by atoms with Gasteiger partial charge in [0.1, 0.15) is 0 Å². The number of nitrogens with two attached hydrogens (primary N) is 1. The van der Waals surface area contributed by atoms with E-state index in [0.717, 1.165) is 43.3 Å². The second kappa shape index (κ2) is 9.34. The lowest BCUT2D eigenvalue weighted by atomic mass is 9.89. The number of rotatable bonds is 7. The zero-order chi connectivity index (χ0) is 20.1. The highest BCUT2D eigenvalue weighted by Gasteiger charge is 2.29. The van der Waals surface area contributed by atoms with Gasteiger partial charge in [-0.3, -0.25) is 0 Å². The van der Waals surface area contributed by atoms with Crippen LogP contribution < -0.4 is 16.0 Å². The molecule has 3 aromatic carbocycles. The van der Waals surface area contributed by atoms with Gasteiger partial charge in [-0.2, -0.15) is 0 Å². The molecule has 0 spiro atoms. The third-order valence-electron chi connectivity index (χ3n) is 5.79. The van der Waals surface area contributed by atoms with Crippen LogP contribution in [0, 0.1) is 11.8 Å². The molecule has 0 bridgehead atoms. The molecule has 2 atom stereocenters. The number of nitrogens with one attached hydrogen (secondary N) is 1. The fourth-order valence-electron chi connectivity index (χ4n) is 4.26. The van der Waals surface area contributed by atoms with Crippen LogP contribution in [0.5, 0.6) is 0 Å². The van der Waals surface area contributed by atoms with Gasteiger partial charge >= 0.3 is 0 Å². The van der Waals surface area contributed by atoms with Crippen molar-refractivity contribution < 1.29 is 0 Å². The number of nitrogens with zero attached hydrogens (tertiary/aromatic N) is 1. The molecular formula is C25H28ClN3. The quantitative estimate of drug-likeness (QED) is 0.543. The first-order chi connectivity index (χ1) is 14.2. The summed E-state index contributed by atoms with van der Waals surface area (Å²) in [7, 11) is 0. The summed E-state index contributed by atoms with van der Waals surface area (Å²) in [6.45, 7) is 3.97. The number of hydrogen-bond donors (Lipinski definition) is 2. The highest BCUT2D eigenvalue weighted by atomic mass is 35.5. The Kier molecular flexibility index (Phi) is 6.38. The van der Waals surface area contributed by atoms with Gasteiger partial charge in [0.25, 0.3) is 0 Å². The predicted molar refractivity (Wildman–Crippen MR) is 123 cm³/mol. The molecule has 3 N–H and O–H groups in total. The van der Waals surface area contributed by atoms with Gasteiger partial charge in [-0.1, -0.05) is 54.1 Å². The minimum atomic E-state index is 0.590. The van der Waals surface area contributed by atoms with Crippen molar-refractivity contribution in [1.82, 2.24) is 5.32 Å². The zero-order valence-corrected chi connectivity index (χ0v) is 17.4. The summed E-state index contributed by atoms with van der Waals surface area (Å²) in [5, 5.41) is 4.38. The van der Waals surface area contributed by atoms with Gasteiger partial charge < -0.3 is 16.0 Å². The lowest BCUT2D eigenvalue weighted by molar-refractivity contribution is 0.413. The van der Waals surface area contributed by atoms with Gasteiger partial charge in [-0.05, 0) is 78.9 Å². The topological polar surface area (TPSA) is 41.3 Å². The summed E-state index contributed by atoms with van der Waals surface area (Å²) in [4.78, 5) is 2.46. The molecule has 150 valence electrons. The fraction of sp³-hybridized carbons (Fsp3) is 0.280. The van der Waals surface area contributed by atoms with E-state index < -0.39 is 0 Å². The average molecular weight is 406 g/mol. The van der Waals surface area contributed by atoms with Crippen LogP contribution in [0.15, 0.2) is 78.9 Å². The van der Waals surface area contributed by atoms with Crippen LogP contribution in [0.1, 0.15) is 11.1 Å². The van der Waals surface area contributed by atoms with Crippen LogP contribution in [0.3, 0.4) is 0 Å². The number of hydrogen-bond acceptors (Lipinski definition) is 3. The van der Waals surface area contributed by atoms with Crippen LogP contribution in [-0.2, 0) is 13.0 Å². The van der Waals surface area contributed by atoms with Crippen molar-refractivity contribution in [3.8, 4) is 0 Å². The van der Waals surface area contributed by atoms with E-state index in [9.17, 15) is 0 Å². The predicted octanol–water partition coefficient (Wildman–Crippen LogP) is 5.01. The Bertz CT molecular complexity index is 911. The highest BCUT2D eigenvalue weighted by molar-refractivity contribution is 6.30. The van der Waals surface area contributed by atoms with Crippen molar-refractivity contribution in [1.29, 1.82) is 0 Å². The second-order valence-electron chi connectivity index (χ2n) is 7.97. The van der Waals surface area contributed by atoms with Gasteiger partial charge in [-0.25, -0.2) is 0 Å². The molecule has 0 saturated carbocycles. The molecule has 1 fully saturated rings. The minimum Gasteiger partial charge on any atom is -0.399 e. The Morgan fingerprint density at radius 3 is 2.34 bits per heavy atom. The molecule has 3 nitrogen and oxygen atoms in total. The Morgan fingerprint density at radius 1 is 0.862 bits per heavy atom. The lowest BCUT2D eigenvalue weighted by Gasteiger charge is -2.30. The molecule has 1 aliphatic rings. The molecule has 0 amide bonds. The van der Waals surface area contributed by atoms with Crippen molar-refractivity contribution in [3.63, 3.8) is 0 Å². The third kappa shape index (κ3) is 5.31. The summed E-state index contributed by atoms with van der Waals surface area (Å²) in [6, 6.07) is 27.2. The first-order valence-corrected chi connectivity index (χ1v) is 10.6. The van der Waals surface area contributed by atoms with E-state index in [-0.39, 0.29) is 0 Å². The number of halogens is 1. The monoisotopic (exact) mass is 405 g/mol. The third-order valence-corrected chi connectivity index (χ3v) is 6.04. The van der Waals surface area contributed by atoms with E-state index in [1.807, 2.05) is 24.3 Å². The van der Waals surface area contributed by atoms with Crippen LogP contribution in [0.4, 0.5) is 11.4 Å². The SMILES string of the molecule is Nc1cccc(CN(C[C@H]2CNC[C@@H]2Cc2ccccc2)c2ccc(Cl)cc2)c1. The van der Waals surface area contributed by atoms with Crippen LogP contribution in [-0.4, -0.2) is 19.6 Å². The molecule has 4 heteroatoms. The molecule has 0 aromatic heterocycles. The average Bonchev–Trinajstić information content (AvgIpc) is 3.15. The van der Waals surface area contributed by atoms with Gasteiger partial charge in [0.15, 0.2) is 0 Å². The molecule has 0 unspecified atom stereocenters. The molecule has 0 radical (unpaired) electrons. The maximum absolute atomic E-state index is 6.14. The summed E-state index contributed by atoms with van der Waals surface area (Å²) in [5.74, 6) is 1.22. The highest BCUT2D eigenvalue weighted by Crippen LogP contribution is 2.27.